The van der Waals surface area contributed by atoms with Crippen molar-refractivity contribution < 1.29 is 0 Å². The topological polar surface area (TPSA) is 33.1 Å². The number of hydrogen-bond acceptors (Lipinski definition) is 3. The summed E-state index contributed by atoms with van der Waals surface area (Å²) >= 11 is 6.37. The average molecular weight is 317 g/mol. The summed E-state index contributed by atoms with van der Waals surface area (Å²) < 4.78 is 2.02. The second kappa shape index (κ2) is 6.65. The molecule has 4 nitrogen and oxygen atoms in total. The van der Waals surface area contributed by atoms with E-state index in [1.165, 1.54) is 11.3 Å². The van der Waals surface area contributed by atoms with Gasteiger partial charge in [0, 0.05) is 38.2 Å². The lowest BCUT2D eigenvalue weighted by molar-refractivity contribution is 0.279. The molecule has 0 fully saturated rings. The quantitative estimate of drug-likeness (QED) is 0.861. The first kappa shape index (κ1) is 15.3. The van der Waals surface area contributed by atoms with Crippen molar-refractivity contribution in [1.82, 2.24) is 20.0 Å². The van der Waals surface area contributed by atoms with E-state index in [-0.39, 0.29) is 0 Å². The summed E-state index contributed by atoms with van der Waals surface area (Å²) in [6, 6.07) is 7.88. The summed E-state index contributed by atoms with van der Waals surface area (Å²) in [7, 11) is 1.95. The molecule has 5 heteroatoms. The standard InChI is InChI=1S/C17H21ClN4/c1-3-9-21-10-8-16-13(12-21)15(11-19-2)20-22(16)17-7-5-4-6-14(17)18/h3-7,19H,1,8-12H2,2H3. The van der Waals surface area contributed by atoms with Crippen LogP contribution in [0, 0.1) is 0 Å². The van der Waals surface area contributed by atoms with Crippen LogP contribution in [0.1, 0.15) is 17.0 Å². The van der Waals surface area contributed by atoms with Gasteiger partial charge in [0.25, 0.3) is 0 Å². The summed E-state index contributed by atoms with van der Waals surface area (Å²) in [5.41, 5.74) is 4.66. The van der Waals surface area contributed by atoms with Crippen molar-refractivity contribution in [3.05, 3.63) is 58.9 Å². The molecule has 0 saturated heterocycles. The zero-order valence-corrected chi connectivity index (χ0v) is 13.6. The number of hydrogen-bond donors (Lipinski definition) is 1. The van der Waals surface area contributed by atoms with E-state index in [9.17, 15) is 0 Å². The van der Waals surface area contributed by atoms with Gasteiger partial charge in [-0.1, -0.05) is 29.8 Å². The monoisotopic (exact) mass is 316 g/mol. The average Bonchev–Trinajstić information content (AvgIpc) is 2.87. The van der Waals surface area contributed by atoms with Gasteiger partial charge in [-0.15, -0.1) is 6.58 Å². The van der Waals surface area contributed by atoms with Gasteiger partial charge in [0.2, 0.25) is 0 Å². The Labute approximate surface area is 136 Å². The van der Waals surface area contributed by atoms with Crippen LogP contribution in [0.25, 0.3) is 5.69 Å². The van der Waals surface area contributed by atoms with Gasteiger partial charge in [0.05, 0.1) is 22.1 Å². The van der Waals surface area contributed by atoms with Crippen LogP contribution >= 0.6 is 11.6 Å². The number of fused-ring (bicyclic) bond motifs is 1. The van der Waals surface area contributed by atoms with E-state index in [1.807, 2.05) is 42.1 Å². The molecule has 2 heterocycles. The maximum atomic E-state index is 6.37. The summed E-state index contributed by atoms with van der Waals surface area (Å²) in [5.74, 6) is 0. The first-order valence-electron chi connectivity index (χ1n) is 7.57. The molecule has 116 valence electrons. The van der Waals surface area contributed by atoms with Crippen molar-refractivity contribution in [2.75, 3.05) is 20.1 Å². The Balaban J connectivity index is 2.05. The highest BCUT2D eigenvalue weighted by Crippen LogP contribution is 2.28. The number of halogens is 1. The van der Waals surface area contributed by atoms with Crippen LogP contribution in [0.15, 0.2) is 36.9 Å². The van der Waals surface area contributed by atoms with E-state index in [2.05, 4.69) is 16.8 Å². The molecule has 1 aliphatic heterocycles. The maximum absolute atomic E-state index is 6.37. The number of aromatic nitrogens is 2. The highest BCUT2D eigenvalue weighted by molar-refractivity contribution is 6.32. The lowest BCUT2D eigenvalue weighted by Crippen LogP contribution is -2.31. The third-order valence-electron chi connectivity index (χ3n) is 4.03. The lowest BCUT2D eigenvalue weighted by atomic mass is 10.0. The first-order valence-corrected chi connectivity index (χ1v) is 7.94. The van der Waals surface area contributed by atoms with Gasteiger partial charge in [-0.2, -0.15) is 5.10 Å². The van der Waals surface area contributed by atoms with Gasteiger partial charge < -0.3 is 5.32 Å². The van der Waals surface area contributed by atoms with Crippen LogP contribution in [0.4, 0.5) is 0 Å². The number of para-hydroxylation sites is 1. The van der Waals surface area contributed by atoms with Gasteiger partial charge in [0.1, 0.15) is 0 Å². The molecule has 1 N–H and O–H groups in total. The van der Waals surface area contributed by atoms with Crippen molar-refractivity contribution in [2.45, 2.75) is 19.5 Å². The molecule has 1 aromatic carbocycles. The van der Waals surface area contributed by atoms with Crippen molar-refractivity contribution in [3.63, 3.8) is 0 Å². The third-order valence-corrected chi connectivity index (χ3v) is 4.35. The molecule has 2 aromatic rings. The Morgan fingerprint density at radius 3 is 2.95 bits per heavy atom. The van der Waals surface area contributed by atoms with Crippen LogP contribution < -0.4 is 5.32 Å². The van der Waals surface area contributed by atoms with Gasteiger partial charge in [-0.3, -0.25) is 4.90 Å². The minimum Gasteiger partial charge on any atom is -0.314 e. The Hall–Kier alpha value is -1.62. The van der Waals surface area contributed by atoms with Gasteiger partial charge in [-0.25, -0.2) is 4.68 Å². The van der Waals surface area contributed by atoms with Crippen molar-refractivity contribution in [3.8, 4) is 5.69 Å². The van der Waals surface area contributed by atoms with Gasteiger partial charge >= 0.3 is 0 Å². The van der Waals surface area contributed by atoms with E-state index in [4.69, 9.17) is 16.7 Å². The third kappa shape index (κ3) is 2.82. The van der Waals surface area contributed by atoms with E-state index in [0.717, 1.165) is 49.0 Å². The van der Waals surface area contributed by atoms with Crippen LogP contribution in [-0.4, -0.2) is 34.8 Å². The molecule has 0 unspecified atom stereocenters. The van der Waals surface area contributed by atoms with Crippen molar-refractivity contribution in [2.24, 2.45) is 0 Å². The Morgan fingerprint density at radius 1 is 1.41 bits per heavy atom. The molecule has 0 spiro atoms. The van der Waals surface area contributed by atoms with Crippen LogP contribution in [0.2, 0.25) is 5.02 Å². The van der Waals surface area contributed by atoms with Crippen LogP contribution in [-0.2, 0) is 19.5 Å². The summed E-state index contributed by atoms with van der Waals surface area (Å²) in [6.45, 7) is 7.46. The second-order valence-corrected chi connectivity index (χ2v) is 5.95. The highest BCUT2D eigenvalue weighted by atomic mass is 35.5. The second-order valence-electron chi connectivity index (χ2n) is 5.54. The maximum Gasteiger partial charge on any atom is 0.0835 e. The lowest BCUT2D eigenvalue weighted by Gasteiger charge is -2.26. The molecule has 1 aromatic heterocycles. The molecule has 0 bridgehead atoms. The minimum atomic E-state index is 0.734. The number of nitrogens with one attached hydrogen (secondary N) is 1. The van der Waals surface area contributed by atoms with E-state index >= 15 is 0 Å². The Morgan fingerprint density at radius 2 is 2.23 bits per heavy atom. The van der Waals surface area contributed by atoms with Gasteiger partial charge in [0.15, 0.2) is 0 Å². The molecule has 22 heavy (non-hydrogen) atoms. The van der Waals surface area contributed by atoms with E-state index in [1.54, 1.807) is 0 Å². The molecular formula is C17H21ClN4. The van der Waals surface area contributed by atoms with Crippen molar-refractivity contribution in [1.29, 1.82) is 0 Å². The predicted octanol–water partition coefficient (Wildman–Crippen LogP) is 2.79. The Kier molecular flexibility index (Phi) is 4.62. The molecular weight excluding hydrogens is 296 g/mol. The molecule has 0 atom stereocenters. The molecule has 0 radical (unpaired) electrons. The summed E-state index contributed by atoms with van der Waals surface area (Å²) in [4.78, 5) is 2.40. The zero-order valence-electron chi connectivity index (χ0n) is 12.8. The number of nitrogens with zero attached hydrogens (tertiary/aromatic N) is 3. The van der Waals surface area contributed by atoms with Crippen LogP contribution in [0.5, 0.6) is 0 Å². The molecule has 0 amide bonds. The van der Waals surface area contributed by atoms with E-state index in [0.29, 0.717) is 0 Å². The van der Waals surface area contributed by atoms with Gasteiger partial charge in [-0.05, 0) is 19.2 Å². The molecule has 3 rings (SSSR count). The van der Waals surface area contributed by atoms with E-state index < -0.39 is 0 Å². The first-order chi connectivity index (χ1) is 10.7. The number of benzene rings is 1. The fourth-order valence-corrected chi connectivity index (χ4v) is 3.23. The fourth-order valence-electron chi connectivity index (χ4n) is 3.01. The predicted molar refractivity (Wildman–Crippen MR) is 90.5 cm³/mol. The smallest absolute Gasteiger partial charge is 0.0835 e. The Bertz CT molecular complexity index is 677. The van der Waals surface area contributed by atoms with Crippen molar-refractivity contribution >= 4 is 11.6 Å². The summed E-state index contributed by atoms with van der Waals surface area (Å²) in [6.07, 6.45) is 2.94. The van der Waals surface area contributed by atoms with Crippen LogP contribution in [0.3, 0.4) is 0 Å². The zero-order chi connectivity index (χ0) is 15.5. The molecule has 0 aliphatic carbocycles. The molecule has 1 aliphatic rings. The largest absolute Gasteiger partial charge is 0.314 e. The minimum absolute atomic E-state index is 0.734. The highest BCUT2D eigenvalue weighted by Gasteiger charge is 2.25. The molecule has 0 saturated carbocycles. The summed E-state index contributed by atoms with van der Waals surface area (Å²) in [5, 5.41) is 8.77. The number of rotatable bonds is 5. The SMILES string of the molecule is C=CCN1CCc2c(c(CNC)nn2-c2ccccc2Cl)C1. The fraction of sp³-hybridized carbons (Fsp3) is 0.353. The normalized spacial score (nSPS) is 14.8.